The van der Waals surface area contributed by atoms with Crippen LogP contribution in [0.1, 0.15) is 38.2 Å². The first-order chi connectivity index (χ1) is 13.2. The molecule has 1 heterocycles. The van der Waals surface area contributed by atoms with Crippen LogP contribution in [0.4, 0.5) is 4.79 Å². The molecule has 0 aliphatic carbocycles. The summed E-state index contributed by atoms with van der Waals surface area (Å²) >= 11 is 5.08. The van der Waals surface area contributed by atoms with Crippen LogP contribution in [0.25, 0.3) is 0 Å². The fourth-order valence-corrected chi connectivity index (χ4v) is 3.09. The number of nitrogens with one attached hydrogen (secondary N) is 4. The van der Waals surface area contributed by atoms with Gasteiger partial charge in [0.1, 0.15) is 5.75 Å². The molecule has 1 aliphatic rings. The third kappa shape index (κ3) is 8.92. The van der Waals surface area contributed by atoms with Crippen molar-refractivity contribution in [1.29, 1.82) is 0 Å². The highest BCUT2D eigenvalue weighted by Gasteiger charge is 2.10. The largest absolute Gasteiger partial charge is 0.494 e. The summed E-state index contributed by atoms with van der Waals surface area (Å²) < 4.78 is 5.85. The van der Waals surface area contributed by atoms with E-state index in [1.54, 1.807) is 0 Å². The SMILES string of the molecule is CCNC(=O)NNC(=S)NCCCOc1cccc(CN2CCCCC2)c1. The van der Waals surface area contributed by atoms with E-state index in [1.807, 2.05) is 13.0 Å². The van der Waals surface area contributed by atoms with Gasteiger partial charge in [-0.2, -0.15) is 0 Å². The molecule has 0 bridgehead atoms. The second-order valence-corrected chi connectivity index (χ2v) is 6.96. The minimum absolute atomic E-state index is 0.311. The average Bonchev–Trinajstić information content (AvgIpc) is 2.67. The minimum atomic E-state index is -0.311. The number of hydrogen-bond donors (Lipinski definition) is 4. The Hall–Kier alpha value is -2.06. The van der Waals surface area contributed by atoms with Gasteiger partial charge < -0.3 is 15.4 Å². The first kappa shape index (κ1) is 21.2. The molecule has 2 rings (SSSR count). The minimum Gasteiger partial charge on any atom is -0.494 e. The highest BCUT2D eigenvalue weighted by molar-refractivity contribution is 7.80. The van der Waals surface area contributed by atoms with Gasteiger partial charge >= 0.3 is 6.03 Å². The Balaban J connectivity index is 1.59. The van der Waals surface area contributed by atoms with E-state index in [0.717, 1.165) is 18.7 Å². The zero-order valence-electron chi connectivity index (χ0n) is 16.1. The summed E-state index contributed by atoms with van der Waals surface area (Å²) in [6.45, 7) is 7.06. The third-order valence-electron chi connectivity index (χ3n) is 4.26. The van der Waals surface area contributed by atoms with Crippen LogP contribution >= 0.6 is 12.2 Å². The highest BCUT2D eigenvalue weighted by Crippen LogP contribution is 2.17. The predicted octanol–water partition coefficient (Wildman–Crippen LogP) is 2.14. The van der Waals surface area contributed by atoms with Crippen molar-refractivity contribution in [3.8, 4) is 5.75 Å². The third-order valence-corrected chi connectivity index (χ3v) is 4.50. The van der Waals surface area contributed by atoms with Crippen molar-refractivity contribution >= 4 is 23.4 Å². The lowest BCUT2D eigenvalue weighted by atomic mass is 10.1. The van der Waals surface area contributed by atoms with Gasteiger partial charge in [-0.05, 0) is 69.2 Å². The summed E-state index contributed by atoms with van der Waals surface area (Å²) in [7, 11) is 0. The number of urea groups is 1. The van der Waals surface area contributed by atoms with Crippen molar-refractivity contribution in [2.45, 2.75) is 39.2 Å². The number of piperidine rings is 1. The van der Waals surface area contributed by atoms with Gasteiger partial charge in [-0.25, -0.2) is 10.2 Å². The average molecular weight is 394 g/mol. The Morgan fingerprint density at radius 3 is 2.78 bits per heavy atom. The van der Waals surface area contributed by atoms with E-state index < -0.39 is 0 Å². The van der Waals surface area contributed by atoms with Gasteiger partial charge in [-0.1, -0.05) is 18.6 Å². The number of carbonyl (C=O) groups excluding carboxylic acids is 1. The Morgan fingerprint density at radius 1 is 1.19 bits per heavy atom. The van der Waals surface area contributed by atoms with Crippen molar-refractivity contribution in [2.75, 3.05) is 32.8 Å². The molecule has 7 nitrogen and oxygen atoms in total. The van der Waals surface area contributed by atoms with Gasteiger partial charge in [0.15, 0.2) is 5.11 Å². The van der Waals surface area contributed by atoms with Crippen molar-refractivity contribution < 1.29 is 9.53 Å². The van der Waals surface area contributed by atoms with E-state index in [0.29, 0.717) is 24.8 Å². The molecule has 0 unspecified atom stereocenters. The van der Waals surface area contributed by atoms with E-state index in [4.69, 9.17) is 17.0 Å². The number of hydrazine groups is 1. The quantitative estimate of drug-likeness (QED) is 0.308. The molecule has 1 saturated heterocycles. The Labute approximate surface area is 167 Å². The molecule has 0 aromatic heterocycles. The monoisotopic (exact) mass is 393 g/mol. The molecule has 1 aliphatic heterocycles. The van der Waals surface area contributed by atoms with Crippen molar-refractivity contribution in [2.24, 2.45) is 0 Å². The summed E-state index contributed by atoms with van der Waals surface area (Å²) in [6.07, 6.45) is 4.77. The number of hydrogen-bond acceptors (Lipinski definition) is 4. The molecule has 150 valence electrons. The summed E-state index contributed by atoms with van der Waals surface area (Å²) in [4.78, 5) is 13.7. The molecule has 8 heteroatoms. The molecule has 1 aromatic carbocycles. The number of benzene rings is 1. The molecule has 0 atom stereocenters. The zero-order chi connectivity index (χ0) is 19.3. The Bertz CT molecular complexity index is 593. The lowest BCUT2D eigenvalue weighted by Crippen LogP contribution is -2.50. The van der Waals surface area contributed by atoms with Crippen LogP contribution < -0.4 is 26.2 Å². The van der Waals surface area contributed by atoms with Crippen LogP contribution in [-0.4, -0.2) is 48.8 Å². The van der Waals surface area contributed by atoms with Gasteiger partial charge in [-0.3, -0.25) is 10.3 Å². The van der Waals surface area contributed by atoms with Crippen LogP contribution in [0.3, 0.4) is 0 Å². The second kappa shape index (κ2) is 12.3. The summed E-state index contributed by atoms with van der Waals surface area (Å²) in [5.74, 6) is 0.906. The Morgan fingerprint density at radius 2 is 2.00 bits per heavy atom. The number of thiocarbonyl (C=S) groups is 1. The molecule has 2 amide bonds. The first-order valence-corrected chi connectivity index (χ1v) is 10.1. The van der Waals surface area contributed by atoms with Crippen LogP contribution in [-0.2, 0) is 6.54 Å². The van der Waals surface area contributed by atoms with E-state index in [9.17, 15) is 4.79 Å². The van der Waals surface area contributed by atoms with Gasteiger partial charge in [0.05, 0.1) is 6.61 Å². The number of likely N-dealkylation sites (tertiary alicyclic amines) is 1. The predicted molar refractivity (Wildman–Crippen MR) is 112 cm³/mol. The summed E-state index contributed by atoms with van der Waals surface area (Å²) in [5, 5.41) is 6.01. The number of nitrogens with zero attached hydrogens (tertiary/aromatic N) is 1. The van der Waals surface area contributed by atoms with Gasteiger partial charge in [-0.15, -0.1) is 0 Å². The standard InChI is InChI=1S/C19H31N5O2S/c1-2-20-18(25)22-23-19(27)21-10-7-13-26-17-9-6-8-16(14-17)15-24-11-4-3-5-12-24/h6,8-9,14H,2-5,7,10-13,15H2,1H3,(H2,20,22,25)(H2,21,23,27). The fourth-order valence-electron chi connectivity index (χ4n) is 2.94. The summed E-state index contributed by atoms with van der Waals surface area (Å²) in [5.41, 5.74) is 6.39. The van der Waals surface area contributed by atoms with E-state index in [1.165, 1.54) is 37.9 Å². The van der Waals surface area contributed by atoms with Crippen molar-refractivity contribution in [3.05, 3.63) is 29.8 Å². The lowest BCUT2D eigenvalue weighted by molar-refractivity contribution is 0.220. The zero-order valence-corrected chi connectivity index (χ0v) is 16.9. The maximum Gasteiger partial charge on any atom is 0.333 e. The smallest absolute Gasteiger partial charge is 0.333 e. The van der Waals surface area contributed by atoms with Crippen molar-refractivity contribution in [1.82, 2.24) is 26.4 Å². The maximum atomic E-state index is 11.2. The second-order valence-electron chi connectivity index (χ2n) is 6.55. The molecular weight excluding hydrogens is 362 g/mol. The van der Waals surface area contributed by atoms with E-state index in [2.05, 4.69) is 44.6 Å². The topological polar surface area (TPSA) is 77.7 Å². The molecule has 27 heavy (non-hydrogen) atoms. The lowest BCUT2D eigenvalue weighted by Gasteiger charge is -2.26. The molecule has 4 N–H and O–H groups in total. The fraction of sp³-hybridized carbons (Fsp3) is 0.579. The molecule has 1 fully saturated rings. The van der Waals surface area contributed by atoms with Gasteiger partial charge in [0, 0.05) is 19.6 Å². The van der Waals surface area contributed by atoms with E-state index in [-0.39, 0.29) is 6.03 Å². The van der Waals surface area contributed by atoms with E-state index >= 15 is 0 Å². The van der Waals surface area contributed by atoms with Crippen LogP contribution in [0.2, 0.25) is 0 Å². The maximum absolute atomic E-state index is 11.2. The van der Waals surface area contributed by atoms with Crippen LogP contribution in [0, 0.1) is 0 Å². The molecule has 0 spiro atoms. The van der Waals surface area contributed by atoms with Gasteiger partial charge in [0.25, 0.3) is 0 Å². The highest BCUT2D eigenvalue weighted by atomic mass is 32.1. The number of rotatable bonds is 8. The normalized spacial score (nSPS) is 14.3. The van der Waals surface area contributed by atoms with Crippen LogP contribution in [0.5, 0.6) is 5.75 Å². The molecular formula is C19H31N5O2S. The molecule has 0 saturated carbocycles. The number of ether oxygens (including phenoxy) is 1. The van der Waals surface area contributed by atoms with Crippen molar-refractivity contribution in [3.63, 3.8) is 0 Å². The number of carbonyl (C=O) groups is 1. The molecule has 1 aromatic rings. The van der Waals surface area contributed by atoms with Crippen LogP contribution in [0.15, 0.2) is 24.3 Å². The molecule has 0 radical (unpaired) electrons. The van der Waals surface area contributed by atoms with Gasteiger partial charge in [0.2, 0.25) is 0 Å². The number of amides is 2. The first-order valence-electron chi connectivity index (χ1n) is 9.69. The summed E-state index contributed by atoms with van der Waals surface area (Å²) in [6, 6.07) is 8.03. The Kier molecular flexibility index (Phi) is 9.72.